The van der Waals surface area contributed by atoms with E-state index >= 15 is 0 Å². The Balaban J connectivity index is 2.29. The van der Waals surface area contributed by atoms with Crippen LogP contribution in [0.1, 0.15) is 11.1 Å². The lowest BCUT2D eigenvalue weighted by Crippen LogP contribution is -2.44. The predicted octanol–water partition coefficient (Wildman–Crippen LogP) is 2.85. The number of halogens is 6. The molecule has 1 aliphatic heterocycles. The summed E-state index contributed by atoms with van der Waals surface area (Å²) >= 11 is 0. The lowest BCUT2D eigenvalue weighted by molar-refractivity contribution is -0.186. The molecule has 1 saturated heterocycles. The first-order chi connectivity index (χ1) is 10.0. The van der Waals surface area contributed by atoms with Crippen molar-refractivity contribution in [3.8, 4) is 6.07 Å². The van der Waals surface area contributed by atoms with Crippen molar-refractivity contribution in [2.75, 3.05) is 11.9 Å². The first-order valence-electron chi connectivity index (χ1n) is 5.65. The Morgan fingerprint density at radius 2 is 1.86 bits per heavy atom. The zero-order valence-corrected chi connectivity index (χ0v) is 10.5. The largest absolute Gasteiger partial charge is 0.429 e. The van der Waals surface area contributed by atoms with Crippen LogP contribution in [-0.4, -0.2) is 24.3 Å². The summed E-state index contributed by atoms with van der Waals surface area (Å²) in [5.74, 6) is -1.61. The third-order valence-electron chi connectivity index (χ3n) is 2.96. The van der Waals surface area contributed by atoms with Gasteiger partial charge in [-0.2, -0.15) is 31.6 Å². The van der Waals surface area contributed by atoms with E-state index in [1.807, 2.05) is 0 Å². The molecule has 1 fully saturated rings. The van der Waals surface area contributed by atoms with E-state index in [1.165, 1.54) is 6.07 Å². The second-order valence-electron chi connectivity index (χ2n) is 4.44. The van der Waals surface area contributed by atoms with E-state index in [0.717, 1.165) is 12.1 Å². The first kappa shape index (κ1) is 16.1. The van der Waals surface area contributed by atoms with Crippen LogP contribution in [0.3, 0.4) is 0 Å². The molecule has 118 valence electrons. The summed E-state index contributed by atoms with van der Waals surface area (Å²) in [7, 11) is 0. The number of anilines is 1. The van der Waals surface area contributed by atoms with E-state index in [-0.39, 0.29) is 0 Å². The number of amides is 1. The van der Waals surface area contributed by atoms with Gasteiger partial charge in [0.25, 0.3) is 11.5 Å². The number of nitrogens with zero attached hydrogens (tertiary/aromatic N) is 1. The van der Waals surface area contributed by atoms with Crippen molar-refractivity contribution >= 4 is 11.6 Å². The Morgan fingerprint density at radius 3 is 2.27 bits per heavy atom. The number of alkyl halides is 6. The molecule has 1 amide bonds. The van der Waals surface area contributed by atoms with Crippen molar-refractivity contribution in [1.29, 1.82) is 5.26 Å². The van der Waals surface area contributed by atoms with Crippen LogP contribution in [0.2, 0.25) is 0 Å². The molecular formula is C12H6F6N2O2. The average Bonchev–Trinajstić information content (AvgIpc) is 3.18. The monoisotopic (exact) mass is 324 g/mol. The Kier molecular flexibility index (Phi) is 3.57. The highest BCUT2D eigenvalue weighted by Gasteiger charge is 2.71. The Hall–Kier alpha value is -2.28. The number of nitrogens with one attached hydrogen (secondary N) is 1. The lowest BCUT2D eigenvalue weighted by Gasteiger charge is -2.16. The highest BCUT2D eigenvalue weighted by molar-refractivity contribution is 6.00. The maximum atomic E-state index is 12.7. The van der Waals surface area contributed by atoms with E-state index in [4.69, 9.17) is 5.26 Å². The molecule has 1 heterocycles. The fourth-order valence-corrected chi connectivity index (χ4v) is 1.68. The number of nitriles is 1. The normalized spacial score (nSPS) is 21.1. The van der Waals surface area contributed by atoms with Gasteiger partial charge in [-0.25, -0.2) is 0 Å². The number of hydrogen-bond donors (Lipinski definition) is 1. The van der Waals surface area contributed by atoms with Gasteiger partial charge in [-0.15, -0.1) is 0 Å². The smallest absolute Gasteiger partial charge is 0.351 e. The molecule has 1 N–H and O–H groups in total. The maximum absolute atomic E-state index is 12.7. The van der Waals surface area contributed by atoms with Gasteiger partial charge in [0.05, 0.1) is 23.8 Å². The summed E-state index contributed by atoms with van der Waals surface area (Å²) in [5, 5.41) is 10.3. The Labute approximate surface area is 119 Å². The lowest BCUT2D eigenvalue weighted by atomic mass is 10.1. The van der Waals surface area contributed by atoms with E-state index in [2.05, 4.69) is 4.74 Å². The third-order valence-corrected chi connectivity index (χ3v) is 2.96. The fourth-order valence-electron chi connectivity index (χ4n) is 1.68. The molecule has 22 heavy (non-hydrogen) atoms. The average molecular weight is 324 g/mol. The number of ether oxygens (including phenoxy) is 1. The van der Waals surface area contributed by atoms with Crippen LogP contribution in [0.25, 0.3) is 0 Å². The second kappa shape index (κ2) is 4.88. The zero-order valence-electron chi connectivity index (χ0n) is 10.5. The van der Waals surface area contributed by atoms with Crippen molar-refractivity contribution < 1.29 is 35.9 Å². The fraction of sp³-hybridized carbons (Fsp3) is 0.333. The van der Waals surface area contributed by atoms with Crippen molar-refractivity contribution in [3.05, 3.63) is 29.3 Å². The molecule has 1 aliphatic rings. The van der Waals surface area contributed by atoms with Gasteiger partial charge >= 0.3 is 12.4 Å². The van der Waals surface area contributed by atoms with Crippen LogP contribution in [0, 0.1) is 11.3 Å². The molecular weight excluding hydrogens is 318 g/mol. The minimum absolute atomic E-state index is 0.392. The standard InChI is InChI=1S/C12H6F6N2O2/c13-11(14,15)8-3-7(2-1-6(8)4-19)20-9(21)10(5-22-10)12(16,17)18/h1-3H,5H2,(H,20,21). The first-order valence-corrected chi connectivity index (χ1v) is 5.65. The van der Waals surface area contributed by atoms with Crippen LogP contribution in [0.5, 0.6) is 0 Å². The number of epoxide rings is 1. The van der Waals surface area contributed by atoms with Gasteiger partial charge in [0.1, 0.15) is 0 Å². The molecule has 1 atom stereocenters. The quantitative estimate of drug-likeness (QED) is 0.672. The Bertz CT molecular complexity index is 655. The summed E-state index contributed by atoms with van der Waals surface area (Å²) in [6.45, 7) is -0.898. The summed E-state index contributed by atoms with van der Waals surface area (Å²) in [6.07, 6.45) is -9.86. The van der Waals surface area contributed by atoms with Gasteiger partial charge in [-0.3, -0.25) is 4.79 Å². The van der Waals surface area contributed by atoms with Gasteiger partial charge < -0.3 is 10.1 Å². The van der Waals surface area contributed by atoms with Crippen LogP contribution >= 0.6 is 0 Å². The van der Waals surface area contributed by atoms with Crippen molar-refractivity contribution in [2.24, 2.45) is 0 Å². The molecule has 0 radical (unpaired) electrons. The molecule has 1 unspecified atom stereocenters. The molecule has 2 rings (SSSR count). The number of carbonyl (C=O) groups excluding carboxylic acids is 1. The van der Waals surface area contributed by atoms with E-state index < -0.39 is 47.3 Å². The number of carbonyl (C=O) groups is 1. The molecule has 10 heteroatoms. The van der Waals surface area contributed by atoms with E-state index in [1.54, 1.807) is 5.32 Å². The third kappa shape index (κ3) is 2.71. The predicted molar refractivity (Wildman–Crippen MR) is 59.5 cm³/mol. The molecule has 0 bridgehead atoms. The second-order valence-corrected chi connectivity index (χ2v) is 4.44. The minimum atomic E-state index is -4.98. The molecule has 0 aliphatic carbocycles. The highest BCUT2D eigenvalue weighted by atomic mass is 19.4. The van der Waals surface area contributed by atoms with Crippen molar-refractivity contribution in [3.63, 3.8) is 0 Å². The summed E-state index contributed by atoms with van der Waals surface area (Å²) in [4.78, 5) is 11.6. The van der Waals surface area contributed by atoms with E-state index in [9.17, 15) is 31.1 Å². The number of rotatable bonds is 2. The van der Waals surface area contributed by atoms with Crippen LogP contribution in [-0.2, 0) is 15.7 Å². The molecule has 0 spiro atoms. The molecule has 1 aromatic rings. The highest BCUT2D eigenvalue weighted by Crippen LogP contribution is 2.44. The molecule has 0 saturated carbocycles. The molecule has 0 aromatic heterocycles. The Morgan fingerprint density at radius 1 is 1.27 bits per heavy atom. The van der Waals surface area contributed by atoms with Crippen LogP contribution < -0.4 is 5.32 Å². The van der Waals surface area contributed by atoms with Gasteiger partial charge in [-0.05, 0) is 18.2 Å². The van der Waals surface area contributed by atoms with Crippen LogP contribution in [0.15, 0.2) is 18.2 Å². The van der Waals surface area contributed by atoms with Crippen molar-refractivity contribution in [1.82, 2.24) is 0 Å². The topological polar surface area (TPSA) is 65.4 Å². The van der Waals surface area contributed by atoms with Gasteiger partial charge in [0, 0.05) is 5.69 Å². The van der Waals surface area contributed by atoms with Crippen LogP contribution in [0.4, 0.5) is 32.0 Å². The molecule has 4 nitrogen and oxygen atoms in total. The zero-order chi connectivity index (χ0) is 16.8. The van der Waals surface area contributed by atoms with Gasteiger partial charge in [0.15, 0.2) is 0 Å². The molecule has 1 aromatic carbocycles. The van der Waals surface area contributed by atoms with Gasteiger partial charge in [0.2, 0.25) is 0 Å². The SMILES string of the molecule is N#Cc1ccc(NC(=O)C2(C(F)(F)F)CO2)cc1C(F)(F)F. The van der Waals surface area contributed by atoms with Crippen molar-refractivity contribution in [2.45, 2.75) is 18.0 Å². The summed E-state index contributed by atoms with van der Waals surface area (Å²) < 4.78 is 80.2. The summed E-state index contributed by atoms with van der Waals surface area (Å²) in [5.41, 5.74) is -5.61. The number of hydrogen-bond acceptors (Lipinski definition) is 3. The van der Waals surface area contributed by atoms with Gasteiger partial charge in [-0.1, -0.05) is 0 Å². The van der Waals surface area contributed by atoms with E-state index in [0.29, 0.717) is 6.07 Å². The number of benzene rings is 1. The summed E-state index contributed by atoms with van der Waals surface area (Å²) in [6, 6.07) is 3.36. The maximum Gasteiger partial charge on any atom is 0.429 e. The minimum Gasteiger partial charge on any atom is -0.351 e.